The van der Waals surface area contributed by atoms with Gasteiger partial charge >= 0.3 is 0 Å². The van der Waals surface area contributed by atoms with Crippen LogP contribution in [0.25, 0.3) is 5.65 Å². The molecule has 1 aromatic carbocycles. The van der Waals surface area contributed by atoms with Crippen molar-refractivity contribution in [2.75, 3.05) is 13.7 Å². The Bertz CT molecular complexity index is 938. The minimum absolute atomic E-state index is 0.165. The van der Waals surface area contributed by atoms with Gasteiger partial charge in [-0.25, -0.2) is 0 Å². The molecule has 0 aliphatic heterocycles. The first-order chi connectivity index (χ1) is 13.6. The Morgan fingerprint density at radius 1 is 1.21 bits per heavy atom. The molecule has 1 amide bonds. The normalized spacial score (nSPS) is 12.0. The number of carbonyl (C=O) groups is 1. The Balaban J connectivity index is 1.67. The maximum Gasteiger partial charge on any atom is 0.253 e. The van der Waals surface area contributed by atoms with E-state index in [-0.39, 0.29) is 11.9 Å². The Morgan fingerprint density at radius 3 is 2.86 bits per heavy atom. The third-order valence-corrected chi connectivity index (χ3v) is 4.59. The fourth-order valence-electron chi connectivity index (χ4n) is 2.93. The molecule has 1 atom stereocenters. The van der Waals surface area contributed by atoms with Crippen molar-refractivity contribution >= 4 is 11.6 Å². The summed E-state index contributed by atoms with van der Waals surface area (Å²) < 4.78 is 13.0. The van der Waals surface area contributed by atoms with Gasteiger partial charge < -0.3 is 14.8 Å². The molecule has 2 aromatic heterocycles. The van der Waals surface area contributed by atoms with Gasteiger partial charge in [0.2, 0.25) is 0 Å². The number of methoxy groups -OCH3 is 1. The van der Waals surface area contributed by atoms with Crippen molar-refractivity contribution in [2.45, 2.75) is 39.2 Å². The summed E-state index contributed by atoms with van der Waals surface area (Å²) in [5.74, 6) is 1.22. The molecule has 7 nitrogen and oxygen atoms in total. The molecule has 0 saturated carbocycles. The van der Waals surface area contributed by atoms with Gasteiger partial charge in [-0.15, -0.1) is 10.2 Å². The van der Waals surface area contributed by atoms with E-state index in [2.05, 4.69) is 22.4 Å². The molecule has 0 bridgehead atoms. The summed E-state index contributed by atoms with van der Waals surface area (Å²) in [6.45, 7) is 4.77. The van der Waals surface area contributed by atoms with Crippen molar-refractivity contribution in [3.63, 3.8) is 0 Å². The van der Waals surface area contributed by atoms with Crippen LogP contribution in [-0.2, 0) is 0 Å². The highest BCUT2D eigenvalue weighted by Crippen LogP contribution is 2.30. The van der Waals surface area contributed by atoms with Gasteiger partial charge in [-0.2, -0.15) is 0 Å². The van der Waals surface area contributed by atoms with E-state index in [1.54, 1.807) is 36.2 Å². The number of amides is 1. The summed E-state index contributed by atoms with van der Waals surface area (Å²) in [4.78, 5) is 12.6. The van der Waals surface area contributed by atoms with Crippen LogP contribution in [0.5, 0.6) is 11.5 Å². The molecular weight excluding hydrogens is 356 g/mol. The average molecular weight is 382 g/mol. The molecule has 28 heavy (non-hydrogen) atoms. The van der Waals surface area contributed by atoms with E-state index in [1.807, 2.05) is 25.1 Å². The lowest BCUT2D eigenvalue weighted by atomic mass is 10.1. The Morgan fingerprint density at radius 2 is 2.07 bits per heavy atom. The van der Waals surface area contributed by atoms with E-state index in [0.29, 0.717) is 23.6 Å². The molecule has 0 spiro atoms. The summed E-state index contributed by atoms with van der Waals surface area (Å²) in [7, 11) is 1.62. The maximum absolute atomic E-state index is 12.6. The maximum atomic E-state index is 12.6. The van der Waals surface area contributed by atoms with Crippen LogP contribution in [0, 0.1) is 0 Å². The lowest BCUT2D eigenvalue weighted by Gasteiger charge is -2.17. The van der Waals surface area contributed by atoms with Crippen molar-refractivity contribution in [1.29, 1.82) is 0 Å². The van der Waals surface area contributed by atoms with Crippen molar-refractivity contribution in [3.05, 3.63) is 54.0 Å². The van der Waals surface area contributed by atoms with Crippen LogP contribution in [-0.4, -0.2) is 34.2 Å². The van der Waals surface area contributed by atoms with Gasteiger partial charge in [-0.05, 0) is 43.2 Å². The number of hydrogen-bond donors (Lipinski definition) is 1. The van der Waals surface area contributed by atoms with E-state index in [9.17, 15) is 4.79 Å². The highest BCUT2D eigenvalue weighted by Gasteiger charge is 2.15. The molecule has 1 unspecified atom stereocenters. The van der Waals surface area contributed by atoms with Gasteiger partial charge in [0.05, 0.1) is 25.3 Å². The number of fused-ring (bicyclic) bond motifs is 1. The second-order valence-electron chi connectivity index (χ2n) is 6.68. The molecule has 7 heteroatoms. The predicted octanol–water partition coefficient (Wildman–Crippen LogP) is 3.80. The number of ether oxygens (including phenoxy) is 2. The van der Waals surface area contributed by atoms with Gasteiger partial charge in [-0.3, -0.25) is 9.20 Å². The number of pyridine rings is 1. The molecule has 0 aliphatic rings. The number of hydrogen-bond acceptors (Lipinski definition) is 5. The van der Waals surface area contributed by atoms with Crippen molar-refractivity contribution in [3.8, 4) is 11.5 Å². The van der Waals surface area contributed by atoms with Crippen molar-refractivity contribution < 1.29 is 14.3 Å². The second-order valence-corrected chi connectivity index (χ2v) is 6.68. The molecule has 0 fully saturated rings. The van der Waals surface area contributed by atoms with Crippen LogP contribution in [0.1, 0.15) is 55.1 Å². The summed E-state index contributed by atoms with van der Waals surface area (Å²) in [5, 5.41) is 10.8. The zero-order valence-corrected chi connectivity index (χ0v) is 16.5. The molecule has 148 valence electrons. The van der Waals surface area contributed by atoms with Crippen molar-refractivity contribution in [1.82, 2.24) is 19.9 Å². The number of unbranched alkanes of at least 4 members (excludes halogenated alkanes) is 2. The van der Waals surface area contributed by atoms with E-state index in [1.165, 1.54) is 0 Å². The Kier molecular flexibility index (Phi) is 6.47. The van der Waals surface area contributed by atoms with Crippen LogP contribution >= 0.6 is 0 Å². The number of rotatable bonds is 9. The largest absolute Gasteiger partial charge is 0.493 e. The number of nitrogens with zero attached hydrogens (tertiary/aromatic N) is 3. The SMILES string of the molecule is CCCCCOc1ccc(C(C)NC(=O)c2ccc3nncn3c2)cc1OC. The van der Waals surface area contributed by atoms with Crippen LogP contribution < -0.4 is 14.8 Å². The van der Waals surface area contributed by atoms with Gasteiger partial charge in [0.15, 0.2) is 17.1 Å². The first-order valence-corrected chi connectivity index (χ1v) is 9.53. The number of carbonyl (C=O) groups excluding carboxylic acids is 1. The van der Waals surface area contributed by atoms with E-state index in [4.69, 9.17) is 9.47 Å². The molecule has 0 radical (unpaired) electrons. The molecule has 0 saturated heterocycles. The summed E-state index contributed by atoms with van der Waals surface area (Å²) in [5.41, 5.74) is 2.18. The third-order valence-electron chi connectivity index (χ3n) is 4.59. The molecular formula is C21H26N4O3. The third kappa shape index (κ3) is 4.60. The number of benzene rings is 1. The highest BCUT2D eigenvalue weighted by atomic mass is 16.5. The van der Waals surface area contributed by atoms with Gasteiger partial charge in [-0.1, -0.05) is 25.8 Å². The van der Waals surface area contributed by atoms with Crippen LogP contribution in [0.4, 0.5) is 0 Å². The Hall–Kier alpha value is -3.09. The smallest absolute Gasteiger partial charge is 0.253 e. The van der Waals surface area contributed by atoms with Crippen LogP contribution in [0.3, 0.4) is 0 Å². The standard InChI is InChI=1S/C21H26N4O3/c1-4-5-6-11-28-18-9-7-16(12-19(18)27-3)15(2)23-21(26)17-8-10-20-24-22-14-25(20)13-17/h7-10,12-15H,4-6,11H2,1-3H3,(H,23,26). The van der Waals surface area contributed by atoms with Gasteiger partial charge in [0.1, 0.15) is 6.33 Å². The topological polar surface area (TPSA) is 77.8 Å². The fraction of sp³-hybridized carbons (Fsp3) is 0.381. The second kappa shape index (κ2) is 9.21. The zero-order valence-electron chi connectivity index (χ0n) is 16.5. The Labute approximate surface area is 164 Å². The first-order valence-electron chi connectivity index (χ1n) is 9.53. The monoisotopic (exact) mass is 382 g/mol. The molecule has 2 heterocycles. The quantitative estimate of drug-likeness (QED) is 0.570. The summed E-state index contributed by atoms with van der Waals surface area (Å²) in [6.07, 6.45) is 6.60. The van der Waals surface area contributed by atoms with Gasteiger partial charge in [0.25, 0.3) is 5.91 Å². The van der Waals surface area contributed by atoms with Crippen LogP contribution in [0.2, 0.25) is 0 Å². The minimum Gasteiger partial charge on any atom is -0.493 e. The summed E-state index contributed by atoms with van der Waals surface area (Å²) in [6, 6.07) is 9.06. The average Bonchev–Trinajstić information content (AvgIpc) is 3.19. The van der Waals surface area contributed by atoms with E-state index >= 15 is 0 Å². The van der Waals surface area contributed by atoms with E-state index < -0.39 is 0 Å². The number of aromatic nitrogens is 3. The molecule has 3 rings (SSSR count). The van der Waals surface area contributed by atoms with Gasteiger partial charge in [0, 0.05) is 6.20 Å². The molecule has 0 aliphatic carbocycles. The highest BCUT2D eigenvalue weighted by molar-refractivity contribution is 5.94. The minimum atomic E-state index is -0.188. The fourth-order valence-corrected chi connectivity index (χ4v) is 2.93. The number of nitrogens with one attached hydrogen (secondary N) is 1. The summed E-state index contributed by atoms with van der Waals surface area (Å²) >= 11 is 0. The first kappa shape index (κ1) is 19.7. The lowest BCUT2D eigenvalue weighted by molar-refractivity contribution is 0.0939. The van der Waals surface area contributed by atoms with Crippen LogP contribution in [0.15, 0.2) is 42.9 Å². The zero-order chi connectivity index (χ0) is 19.9. The molecule has 3 aromatic rings. The van der Waals surface area contributed by atoms with E-state index in [0.717, 1.165) is 30.6 Å². The lowest BCUT2D eigenvalue weighted by Crippen LogP contribution is -2.26. The predicted molar refractivity (Wildman–Crippen MR) is 107 cm³/mol. The molecule has 1 N–H and O–H groups in total. The van der Waals surface area contributed by atoms with Crippen molar-refractivity contribution in [2.24, 2.45) is 0 Å².